The van der Waals surface area contributed by atoms with Crippen LogP contribution < -0.4 is 11.1 Å². The lowest BCUT2D eigenvalue weighted by Crippen LogP contribution is -2.46. The minimum absolute atomic E-state index is 0.0834. The molecule has 2 heterocycles. The molecule has 1 aromatic heterocycles. The highest BCUT2D eigenvalue weighted by molar-refractivity contribution is 5.93. The van der Waals surface area contributed by atoms with Crippen LogP contribution in [0, 0.1) is 0 Å². The van der Waals surface area contributed by atoms with E-state index in [1.165, 1.54) is 0 Å². The first-order valence-corrected chi connectivity index (χ1v) is 6.59. The van der Waals surface area contributed by atoms with Gasteiger partial charge < -0.3 is 20.4 Å². The summed E-state index contributed by atoms with van der Waals surface area (Å²) in [7, 11) is 1.82. The smallest absolute Gasteiger partial charge is 0.268 e. The van der Waals surface area contributed by atoms with Crippen molar-refractivity contribution in [2.45, 2.75) is 13.0 Å². The molecule has 0 spiro atoms. The van der Waals surface area contributed by atoms with E-state index in [0.29, 0.717) is 11.4 Å². The first kappa shape index (κ1) is 13.9. The molecule has 1 unspecified atom stereocenters. The number of nitrogen functional groups attached to an aromatic ring is 1. The lowest BCUT2D eigenvalue weighted by atomic mass is 10.2. The first-order chi connectivity index (χ1) is 9.06. The van der Waals surface area contributed by atoms with Crippen molar-refractivity contribution in [3.8, 4) is 0 Å². The monoisotopic (exact) mass is 266 g/mol. The van der Waals surface area contributed by atoms with E-state index in [9.17, 15) is 4.79 Å². The Morgan fingerprint density at radius 3 is 2.79 bits per heavy atom. The molecular weight excluding hydrogens is 244 g/mol. The molecule has 19 heavy (non-hydrogen) atoms. The molecule has 0 saturated carbocycles. The van der Waals surface area contributed by atoms with E-state index >= 15 is 0 Å². The molecule has 0 aromatic carbocycles. The summed E-state index contributed by atoms with van der Waals surface area (Å²) in [6, 6.07) is 1.79. The Balaban J connectivity index is 1.86. The minimum atomic E-state index is -0.0834. The summed E-state index contributed by atoms with van der Waals surface area (Å²) >= 11 is 0. The third-order valence-electron chi connectivity index (χ3n) is 3.27. The number of rotatable bonds is 4. The maximum absolute atomic E-state index is 12.1. The molecule has 6 heteroatoms. The lowest BCUT2D eigenvalue weighted by Gasteiger charge is -2.29. The van der Waals surface area contributed by atoms with Gasteiger partial charge in [-0.15, -0.1) is 0 Å². The van der Waals surface area contributed by atoms with Crippen molar-refractivity contribution < 1.29 is 9.53 Å². The Kier molecular flexibility index (Phi) is 4.44. The van der Waals surface area contributed by atoms with E-state index in [-0.39, 0.29) is 11.9 Å². The van der Waals surface area contributed by atoms with Crippen LogP contribution in [0.5, 0.6) is 0 Å². The second-order valence-electron chi connectivity index (χ2n) is 5.06. The molecule has 0 aliphatic carbocycles. The second-order valence-corrected chi connectivity index (χ2v) is 5.06. The number of hydrogen-bond acceptors (Lipinski definition) is 4. The van der Waals surface area contributed by atoms with Crippen LogP contribution in [0.4, 0.5) is 5.69 Å². The first-order valence-electron chi connectivity index (χ1n) is 6.59. The molecule has 6 nitrogen and oxygen atoms in total. The predicted octanol–water partition coefficient (Wildman–Crippen LogP) is 0.0578. The normalized spacial score (nSPS) is 18.2. The van der Waals surface area contributed by atoms with Crippen molar-refractivity contribution in [1.29, 1.82) is 0 Å². The minimum Gasteiger partial charge on any atom is -0.397 e. The van der Waals surface area contributed by atoms with E-state index in [1.54, 1.807) is 16.8 Å². The molecule has 1 aromatic rings. The van der Waals surface area contributed by atoms with Crippen molar-refractivity contribution in [2.75, 3.05) is 38.6 Å². The maximum atomic E-state index is 12.1. The SMILES string of the molecule is CC(CN1CCOCC1)NC(=O)c1cc(N)cn1C. The van der Waals surface area contributed by atoms with Gasteiger partial charge in [-0.25, -0.2) is 0 Å². The van der Waals surface area contributed by atoms with Gasteiger partial charge in [0.15, 0.2) is 0 Å². The van der Waals surface area contributed by atoms with Crippen molar-refractivity contribution >= 4 is 11.6 Å². The molecule has 106 valence electrons. The Labute approximate surface area is 113 Å². The van der Waals surface area contributed by atoms with Gasteiger partial charge >= 0.3 is 0 Å². The van der Waals surface area contributed by atoms with Gasteiger partial charge in [0.1, 0.15) is 5.69 Å². The fraction of sp³-hybridized carbons (Fsp3) is 0.615. The van der Waals surface area contributed by atoms with Gasteiger partial charge in [-0.1, -0.05) is 0 Å². The van der Waals surface area contributed by atoms with Gasteiger partial charge in [-0.05, 0) is 13.0 Å². The molecule has 0 bridgehead atoms. The molecule has 1 fully saturated rings. The summed E-state index contributed by atoms with van der Waals surface area (Å²) in [4.78, 5) is 14.4. The third kappa shape index (κ3) is 3.71. The van der Waals surface area contributed by atoms with Crippen LogP contribution in [-0.2, 0) is 11.8 Å². The van der Waals surface area contributed by atoms with Crippen LogP contribution in [0.15, 0.2) is 12.3 Å². The topological polar surface area (TPSA) is 72.5 Å². The fourth-order valence-corrected chi connectivity index (χ4v) is 2.33. The number of aromatic nitrogens is 1. The summed E-state index contributed by atoms with van der Waals surface area (Å²) in [5.41, 5.74) is 6.87. The Hall–Kier alpha value is -1.53. The van der Waals surface area contributed by atoms with Crippen LogP contribution in [0.3, 0.4) is 0 Å². The highest BCUT2D eigenvalue weighted by Gasteiger charge is 2.17. The number of ether oxygens (including phenoxy) is 1. The standard InChI is InChI=1S/C13H22N4O2/c1-10(8-17-3-5-19-6-4-17)15-13(18)12-7-11(14)9-16(12)2/h7,9-10H,3-6,8,14H2,1-2H3,(H,15,18). The summed E-state index contributed by atoms with van der Waals surface area (Å²) in [5, 5.41) is 3.00. The van der Waals surface area contributed by atoms with Gasteiger partial charge in [0.05, 0.1) is 18.9 Å². The zero-order valence-corrected chi connectivity index (χ0v) is 11.6. The van der Waals surface area contributed by atoms with Gasteiger partial charge in [-0.3, -0.25) is 9.69 Å². The Morgan fingerprint density at radius 1 is 1.53 bits per heavy atom. The van der Waals surface area contributed by atoms with Crippen LogP contribution in [0.2, 0.25) is 0 Å². The quantitative estimate of drug-likeness (QED) is 0.808. The molecule has 1 aliphatic heterocycles. The highest BCUT2D eigenvalue weighted by atomic mass is 16.5. The van der Waals surface area contributed by atoms with E-state index in [0.717, 1.165) is 32.8 Å². The molecule has 1 aliphatic rings. The number of nitrogens with two attached hydrogens (primary N) is 1. The molecule has 2 rings (SSSR count). The Morgan fingerprint density at radius 2 is 2.21 bits per heavy atom. The van der Waals surface area contributed by atoms with Gasteiger partial charge in [0.2, 0.25) is 0 Å². The van der Waals surface area contributed by atoms with E-state index in [4.69, 9.17) is 10.5 Å². The number of nitrogens with zero attached hydrogens (tertiary/aromatic N) is 2. The predicted molar refractivity (Wildman–Crippen MR) is 74.0 cm³/mol. The number of carbonyl (C=O) groups excluding carboxylic acids is 1. The second kappa shape index (κ2) is 6.08. The van der Waals surface area contributed by atoms with E-state index in [2.05, 4.69) is 10.2 Å². The van der Waals surface area contributed by atoms with Gasteiger partial charge in [0.25, 0.3) is 5.91 Å². The molecule has 1 atom stereocenters. The summed E-state index contributed by atoms with van der Waals surface area (Å²) in [6.07, 6.45) is 1.74. The largest absolute Gasteiger partial charge is 0.397 e. The van der Waals surface area contributed by atoms with Crippen LogP contribution in [0.25, 0.3) is 0 Å². The van der Waals surface area contributed by atoms with Crippen LogP contribution in [-0.4, -0.2) is 54.3 Å². The lowest BCUT2D eigenvalue weighted by molar-refractivity contribution is 0.0342. The highest BCUT2D eigenvalue weighted by Crippen LogP contribution is 2.09. The summed E-state index contributed by atoms with van der Waals surface area (Å²) in [5.74, 6) is -0.0834. The van der Waals surface area contributed by atoms with Crippen LogP contribution >= 0.6 is 0 Å². The van der Waals surface area contributed by atoms with Gasteiger partial charge in [-0.2, -0.15) is 0 Å². The van der Waals surface area contributed by atoms with Crippen LogP contribution in [0.1, 0.15) is 17.4 Å². The molecule has 0 radical (unpaired) electrons. The Bertz CT molecular complexity index is 438. The number of carbonyl (C=O) groups is 1. The van der Waals surface area contributed by atoms with Crippen molar-refractivity contribution in [3.05, 3.63) is 18.0 Å². The van der Waals surface area contributed by atoms with E-state index in [1.807, 2.05) is 14.0 Å². The average molecular weight is 266 g/mol. The zero-order chi connectivity index (χ0) is 13.8. The zero-order valence-electron chi connectivity index (χ0n) is 11.6. The summed E-state index contributed by atoms with van der Waals surface area (Å²) < 4.78 is 7.05. The number of anilines is 1. The molecule has 1 saturated heterocycles. The van der Waals surface area contributed by atoms with E-state index < -0.39 is 0 Å². The number of morpholine rings is 1. The summed E-state index contributed by atoms with van der Waals surface area (Å²) in [6.45, 7) is 6.26. The number of nitrogens with one attached hydrogen (secondary N) is 1. The van der Waals surface area contributed by atoms with Crippen molar-refractivity contribution in [1.82, 2.24) is 14.8 Å². The molecule has 3 N–H and O–H groups in total. The number of aryl methyl sites for hydroxylation is 1. The van der Waals surface area contributed by atoms with Gasteiger partial charge in [0, 0.05) is 38.9 Å². The average Bonchev–Trinajstić information content (AvgIpc) is 2.69. The number of hydrogen-bond donors (Lipinski definition) is 2. The molecular formula is C13H22N4O2. The third-order valence-corrected chi connectivity index (χ3v) is 3.27. The fourth-order valence-electron chi connectivity index (χ4n) is 2.33. The van der Waals surface area contributed by atoms with Crippen molar-refractivity contribution in [2.24, 2.45) is 7.05 Å². The molecule has 1 amide bonds. The maximum Gasteiger partial charge on any atom is 0.268 e. The van der Waals surface area contributed by atoms with Crippen molar-refractivity contribution in [3.63, 3.8) is 0 Å². The number of amides is 1.